The van der Waals surface area contributed by atoms with Gasteiger partial charge in [-0.2, -0.15) is 0 Å². The lowest BCUT2D eigenvalue weighted by molar-refractivity contribution is 0.199. The number of methoxy groups -OCH3 is 1. The Morgan fingerprint density at radius 2 is 1.78 bits per heavy atom. The number of ether oxygens (including phenoxy) is 1. The molecule has 1 unspecified atom stereocenters. The maximum absolute atomic E-state index is 9.45. The van der Waals surface area contributed by atoms with E-state index in [1.165, 1.54) is 0 Å². The smallest absolute Gasteiger partial charge is 0.119 e. The van der Waals surface area contributed by atoms with Crippen molar-refractivity contribution in [3.63, 3.8) is 0 Å². The van der Waals surface area contributed by atoms with Crippen LogP contribution in [0, 0.1) is 0 Å². The molecule has 0 amide bonds. The summed E-state index contributed by atoms with van der Waals surface area (Å²) >= 11 is 1.68. The zero-order chi connectivity index (χ0) is 13.0. The lowest BCUT2D eigenvalue weighted by atomic mass is 10.1. The van der Waals surface area contributed by atoms with Crippen LogP contribution in [-0.4, -0.2) is 12.2 Å². The molecule has 0 fully saturated rings. The molecule has 0 spiro atoms. The Kier molecular flexibility index (Phi) is 4.28. The molecule has 2 aromatic rings. The van der Waals surface area contributed by atoms with Crippen molar-refractivity contribution in [2.24, 2.45) is 0 Å². The third-order valence-electron chi connectivity index (χ3n) is 2.64. The van der Waals surface area contributed by atoms with Gasteiger partial charge in [0.15, 0.2) is 0 Å². The quantitative estimate of drug-likeness (QED) is 0.904. The van der Waals surface area contributed by atoms with Crippen LogP contribution in [0.1, 0.15) is 18.6 Å². The maximum Gasteiger partial charge on any atom is 0.119 e. The van der Waals surface area contributed by atoms with Crippen LogP contribution < -0.4 is 4.74 Å². The number of benzene rings is 2. The second kappa shape index (κ2) is 5.94. The monoisotopic (exact) mass is 260 g/mol. The number of hydrogen-bond acceptors (Lipinski definition) is 3. The highest BCUT2D eigenvalue weighted by atomic mass is 32.2. The van der Waals surface area contributed by atoms with E-state index < -0.39 is 6.10 Å². The molecule has 1 N–H and O–H groups in total. The van der Waals surface area contributed by atoms with Crippen LogP contribution >= 0.6 is 11.8 Å². The molecule has 18 heavy (non-hydrogen) atoms. The normalized spacial score (nSPS) is 12.2. The molecule has 94 valence electrons. The lowest BCUT2D eigenvalue weighted by Gasteiger charge is -2.07. The van der Waals surface area contributed by atoms with Gasteiger partial charge >= 0.3 is 0 Å². The summed E-state index contributed by atoms with van der Waals surface area (Å²) < 4.78 is 5.20. The minimum Gasteiger partial charge on any atom is -0.497 e. The summed E-state index contributed by atoms with van der Waals surface area (Å²) in [5, 5.41) is 9.45. The molecular weight excluding hydrogens is 244 g/mol. The Hall–Kier alpha value is -1.45. The molecule has 0 aliphatic heterocycles. The summed E-state index contributed by atoms with van der Waals surface area (Å²) in [6, 6.07) is 15.9. The summed E-state index contributed by atoms with van der Waals surface area (Å²) in [4.78, 5) is 2.28. The maximum atomic E-state index is 9.45. The predicted octanol–water partition coefficient (Wildman–Crippen LogP) is 3.90. The Balaban J connectivity index is 2.13. The highest BCUT2D eigenvalue weighted by molar-refractivity contribution is 7.99. The number of aliphatic hydroxyl groups is 1. The van der Waals surface area contributed by atoms with Gasteiger partial charge in [-0.1, -0.05) is 30.0 Å². The lowest BCUT2D eigenvalue weighted by Crippen LogP contribution is -1.89. The standard InChI is InChI=1S/C15H16O2S/c1-11(16)12-6-8-14(9-7-12)18-15-5-3-4-13(10-15)17-2/h3-11,16H,1-2H3. The van der Waals surface area contributed by atoms with Crippen LogP contribution in [-0.2, 0) is 0 Å². The largest absolute Gasteiger partial charge is 0.497 e. The van der Waals surface area contributed by atoms with Gasteiger partial charge in [-0.25, -0.2) is 0 Å². The van der Waals surface area contributed by atoms with Crippen molar-refractivity contribution in [1.82, 2.24) is 0 Å². The van der Waals surface area contributed by atoms with Gasteiger partial charge in [0.1, 0.15) is 5.75 Å². The SMILES string of the molecule is COc1cccc(Sc2ccc(C(C)O)cc2)c1. The fourth-order valence-electron chi connectivity index (χ4n) is 1.62. The molecule has 0 bridgehead atoms. The molecular formula is C15H16O2S. The van der Waals surface area contributed by atoms with Gasteiger partial charge in [0, 0.05) is 9.79 Å². The summed E-state index contributed by atoms with van der Waals surface area (Å²) in [6.07, 6.45) is -0.416. The zero-order valence-corrected chi connectivity index (χ0v) is 11.3. The van der Waals surface area contributed by atoms with E-state index in [-0.39, 0.29) is 0 Å². The van der Waals surface area contributed by atoms with Crippen molar-refractivity contribution in [3.05, 3.63) is 54.1 Å². The molecule has 2 rings (SSSR count). The second-order valence-corrected chi connectivity index (χ2v) is 5.17. The van der Waals surface area contributed by atoms with Crippen LogP contribution in [0.2, 0.25) is 0 Å². The first-order valence-electron chi connectivity index (χ1n) is 5.79. The molecule has 0 heterocycles. The van der Waals surface area contributed by atoms with Crippen molar-refractivity contribution in [3.8, 4) is 5.75 Å². The molecule has 0 aromatic heterocycles. The van der Waals surface area contributed by atoms with Gasteiger partial charge in [0.05, 0.1) is 13.2 Å². The summed E-state index contributed by atoms with van der Waals surface area (Å²) in [5.74, 6) is 0.862. The van der Waals surface area contributed by atoms with Gasteiger partial charge in [-0.05, 0) is 42.8 Å². The van der Waals surface area contributed by atoms with Gasteiger partial charge in [0.2, 0.25) is 0 Å². The molecule has 1 atom stereocenters. The van der Waals surface area contributed by atoms with E-state index in [1.54, 1.807) is 25.8 Å². The first kappa shape index (κ1) is 13.0. The van der Waals surface area contributed by atoms with Gasteiger partial charge in [0.25, 0.3) is 0 Å². The third-order valence-corrected chi connectivity index (χ3v) is 3.64. The minimum atomic E-state index is -0.416. The van der Waals surface area contributed by atoms with Crippen LogP contribution in [0.25, 0.3) is 0 Å². The Bertz CT molecular complexity index is 506. The Morgan fingerprint density at radius 1 is 1.06 bits per heavy atom. The van der Waals surface area contributed by atoms with Crippen LogP contribution in [0.15, 0.2) is 58.3 Å². The van der Waals surface area contributed by atoms with E-state index in [4.69, 9.17) is 4.74 Å². The van der Waals surface area contributed by atoms with Crippen molar-refractivity contribution >= 4 is 11.8 Å². The molecule has 0 saturated heterocycles. The Labute approximate surface area is 112 Å². The fourth-order valence-corrected chi connectivity index (χ4v) is 2.48. The average molecular weight is 260 g/mol. The van der Waals surface area contributed by atoms with Crippen molar-refractivity contribution < 1.29 is 9.84 Å². The van der Waals surface area contributed by atoms with Crippen molar-refractivity contribution in [2.75, 3.05) is 7.11 Å². The van der Waals surface area contributed by atoms with Crippen LogP contribution in [0.5, 0.6) is 5.75 Å². The van der Waals surface area contributed by atoms with E-state index in [1.807, 2.05) is 42.5 Å². The zero-order valence-electron chi connectivity index (χ0n) is 10.5. The fraction of sp³-hybridized carbons (Fsp3) is 0.200. The van der Waals surface area contributed by atoms with E-state index in [2.05, 4.69) is 6.07 Å². The molecule has 3 heteroatoms. The highest BCUT2D eigenvalue weighted by Crippen LogP contribution is 2.30. The van der Waals surface area contributed by atoms with E-state index in [0.29, 0.717) is 0 Å². The Morgan fingerprint density at radius 3 is 2.39 bits per heavy atom. The molecule has 0 aliphatic rings. The van der Waals surface area contributed by atoms with E-state index in [9.17, 15) is 5.11 Å². The predicted molar refractivity (Wildman–Crippen MR) is 74.2 cm³/mol. The first-order chi connectivity index (χ1) is 8.69. The number of rotatable bonds is 4. The van der Waals surface area contributed by atoms with E-state index in [0.717, 1.165) is 21.1 Å². The molecule has 2 aromatic carbocycles. The number of hydrogen-bond donors (Lipinski definition) is 1. The minimum absolute atomic E-state index is 0.416. The van der Waals surface area contributed by atoms with Gasteiger partial charge in [-0.3, -0.25) is 0 Å². The number of aliphatic hydroxyl groups excluding tert-OH is 1. The first-order valence-corrected chi connectivity index (χ1v) is 6.60. The van der Waals surface area contributed by atoms with Crippen LogP contribution in [0.3, 0.4) is 0 Å². The van der Waals surface area contributed by atoms with Gasteiger partial charge in [-0.15, -0.1) is 0 Å². The second-order valence-electron chi connectivity index (χ2n) is 4.03. The van der Waals surface area contributed by atoms with Crippen LogP contribution in [0.4, 0.5) is 0 Å². The average Bonchev–Trinajstić information content (AvgIpc) is 2.39. The molecule has 0 aliphatic carbocycles. The van der Waals surface area contributed by atoms with Gasteiger partial charge < -0.3 is 9.84 Å². The van der Waals surface area contributed by atoms with Crippen molar-refractivity contribution in [1.29, 1.82) is 0 Å². The summed E-state index contributed by atoms with van der Waals surface area (Å²) in [5.41, 5.74) is 0.935. The highest BCUT2D eigenvalue weighted by Gasteiger charge is 2.02. The third kappa shape index (κ3) is 3.28. The van der Waals surface area contributed by atoms with Crippen molar-refractivity contribution in [2.45, 2.75) is 22.8 Å². The topological polar surface area (TPSA) is 29.5 Å². The molecule has 2 nitrogen and oxygen atoms in total. The summed E-state index contributed by atoms with van der Waals surface area (Å²) in [7, 11) is 1.67. The molecule has 0 radical (unpaired) electrons. The van der Waals surface area contributed by atoms with E-state index >= 15 is 0 Å². The molecule has 0 saturated carbocycles. The summed E-state index contributed by atoms with van der Waals surface area (Å²) in [6.45, 7) is 1.77.